The summed E-state index contributed by atoms with van der Waals surface area (Å²) in [6, 6.07) is 18.5. The van der Waals surface area contributed by atoms with E-state index < -0.39 is 0 Å². The first-order valence-electron chi connectivity index (χ1n) is 12.6. The number of hydrogen-bond acceptors (Lipinski definition) is 7. The molecule has 0 amide bonds. The van der Waals surface area contributed by atoms with Gasteiger partial charge < -0.3 is 19.5 Å². The summed E-state index contributed by atoms with van der Waals surface area (Å²) in [6.45, 7) is 7.13. The monoisotopic (exact) mass is 508 g/mol. The molecule has 8 heteroatoms. The average Bonchev–Trinajstić information content (AvgIpc) is 3.65. The Morgan fingerprint density at radius 3 is 1.82 bits per heavy atom. The van der Waals surface area contributed by atoms with Gasteiger partial charge >= 0.3 is 0 Å². The van der Waals surface area contributed by atoms with E-state index in [4.69, 9.17) is 8.83 Å². The van der Waals surface area contributed by atoms with Crippen molar-refractivity contribution in [3.8, 4) is 0 Å². The molecular weight excluding hydrogens is 476 g/mol. The van der Waals surface area contributed by atoms with Crippen molar-refractivity contribution in [2.45, 2.75) is 40.0 Å². The Bertz CT molecular complexity index is 1590. The van der Waals surface area contributed by atoms with Gasteiger partial charge in [0.15, 0.2) is 0 Å². The number of benzene rings is 2. The molecule has 6 rings (SSSR count). The molecular formula is C30H32N6O2. The van der Waals surface area contributed by atoms with E-state index in [9.17, 15) is 0 Å². The maximum absolute atomic E-state index is 5.33. The number of hydrogen-bond donors (Lipinski definition) is 2. The van der Waals surface area contributed by atoms with Gasteiger partial charge in [0.25, 0.3) is 0 Å². The van der Waals surface area contributed by atoms with Crippen LogP contribution in [0.1, 0.15) is 33.9 Å². The van der Waals surface area contributed by atoms with Crippen molar-refractivity contribution >= 4 is 21.9 Å². The van der Waals surface area contributed by atoms with Gasteiger partial charge in [0.2, 0.25) is 0 Å². The molecule has 0 saturated heterocycles. The van der Waals surface area contributed by atoms with Crippen LogP contribution in [0.5, 0.6) is 0 Å². The summed E-state index contributed by atoms with van der Waals surface area (Å²) in [7, 11) is 1.96. The SMILES string of the molecule is Cc1cc(CNCc2ccc3occc3c2)nn1C.Cc1cnc(CNCc2ccc3occc3c2)cn1. The zero-order valence-corrected chi connectivity index (χ0v) is 21.9. The molecule has 6 aromatic rings. The minimum Gasteiger partial charge on any atom is -0.464 e. The number of nitrogens with one attached hydrogen (secondary N) is 2. The predicted octanol–water partition coefficient (Wildman–Crippen LogP) is 5.59. The lowest BCUT2D eigenvalue weighted by molar-refractivity contribution is 0.615. The third-order valence-corrected chi connectivity index (χ3v) is 6.30. The molecule has 0 aliphatic carbocycles. The summed E-state index contributed by atoms with van der Waals surface area (Å²) in [5, 5.41) is 13.5. The smallest absolute Gasteiger partial charge is 0.133 e. The number of nitrogens with zero attached hydrogens (tertiary/aromatic N) is 4. The molecule has 2 aromatic carbocycles. The van der Waals surface area contributed by atoms with Gasteiger partial charge in [-0.1, -0.05) is 12.1 Å². The fourth-order valence-electron chi connectivity index (χ4n) is 4.15. The molecule has 0 spiro atoms. The number of aryl methyl sites for hydroxylation is 3. The van der Waals surface area contributed by atoms with Crippen molar-refractivity contribution in [1.29, 1.82) is 0 Å². The Labute approximate surface area is 221 Å². The van der Waals surface area contributed by atoms with Crippen molar-refractivity contribution in [3.63, 3.8) is 0 Å². The first kappa shape index (κ1) is 25.4. The Kier molecular flexibility index (Phi) is 7.92. The molecule has 0 radical (unpaired) electrons. The van der Waals surface area contributed by atoms with Gasteiger partial charge in [-0.2, -0.15) is 5.10 Å². The third-order valence-electron chi connectivity index (χ3n) is 6.30. The van der Waals surface area contributed by atoms with E-state index in [-0.39, 0.29) is 0 Å². The van der Waals surface area contributed by atoms with Gasteiger partial charge in [-0.15, -0.1) is 0 Å². The Morgan fingerprint density at radius 2 is 1.29 bits per heavy atom. The van der Waals surface area contributed by atoms with E-state index >= 15 is 0 Å². The molecule has 0 saturated carbocycles. The van der Waals surface area contributed by atoms with Gasteiger partial charge in [-0.3, -0.25) is 14.6 Å². The van der Waals surface area contributed by atoms with Crippen LogP contribution in [-0.2, 0) is 33.2 Å². The topological polar surface area (TPSA) is 93.9 Å². The van der Waals surface area contributed by atoms with Crippen LogP contribution in [-0.4, -0.2) is 19.7 Å². The van der Waals surface area contributed by atoms with Crippen LogP contribution in [0.3, 0.4) is 0 Å². The van der Waals surface area contributed by atoms with Crippen LogP contribution in [0.4, 0.5) is 0 Å². The number of fused-ring (bicyclic) bond motifs is 2. The molecule has 0 atom stereocenters. The maximum atomic E-state index is 5.33. The van der Waals surface area contributed by atoms with Crippen molar-refractivity contribution in [2.75, 3.05) is 0 Å². The molecule has 0 fully saturated rings. The quantitative estimate of drug-likeness (QED) is 0.277. The highest BCUT2D eigenvalue weighted by Gasteiger charge is 2.03. The summed E-state index contributed by atoms with van der Waals surface area (Å²) in [5.74, 6) is 0. The van der Waals surface area contributed by atoms with Crippen molar-refractivity contribution in [2.24, 2.45) is 7.05 Å². The van der Waals surface area contributed by atoms with E-state index in [0.717, 1.165) is 65.2 Å². The Morgan fingerprint density at radius 1 is 0.684 bits per heavy atom. The number of aromatic nitrogens is 4. The Balaban J connectivity index is 0.000000155. The highest BCUT2D eigenvalue weighted by atomic mass is 16.3. The molecule has 0 aliphatic rings. The van der Waals surface area contributed by atoms with Gasteiger partial charge in [0.05, 0.1) is 29.6 Å². The lowest BCUT2D eigenvalue weighted by Gasteiger charge is -2.04. The van der Waals surface area contributed by atoms with E-state index in [1.54, 1.807) is 18.7 Å². The summed E-state index contributed by atoms with van der Waals surface area (Å²) in [6.07, 6.45) is 7.03. The molecule has 0 bridgehead atoms. The molecule has 4 aromatic heterocycles. The normalized spacial score (nSPS) is 11.1. The predicted molar refractivity (Wildman–Crippen MR) is 148 cm³/mol. The van der Waals surface area contributed by atoms with Crippen LogP contribution < -0.4 is 10.6 Å². The zero-order chi connectivity index (χ0) is 26.3. The zero-order valence-electron chi connectivity index (χ0n) is 21.9. The second-order valence-corrected chi connectivity index (χ2v) is 9.34. The van der Waals surface area contributed by atoms with Gasteiger partial charge in [-0.05, 0) is 67.4 Å². The summed E-state index contributed by atoms with van der Waals surface area (Å²) >= 11 is 0. The maximum Gasteiger partial charge on any atom is 0.133 e. The molecule has 8 nitrogen and oxygen atoms in total. The van der Waals surface area contributed by atoms with Crippen molar-refractivity contribution in [3.05, 3.63) is 113 Å². The molecule has 0 aliphatic heterocycles. The first-order chi connectivity index (χ1) is 18.5. The Hall–Kier alpha value is -4.27. The van der Waals surface area contributed by atoms with E-state index in [0.29, 0.717) is 0 Å². The number of rotatable bonds is 8. The largest absolute Gasteiger partial charge is 0.464 e. The van der Waals surface area contributed by atoms with Gasteiger partial charge in [-0.25, -0.2) is 0 Å². The van der Waals surface area contributed by atoms with Gasteiger partial charge in [0.1, 0.15) is 11.2 Å². The first-order valence-corrected chi connectivity index (χ1v) is 12.6. The molecule has 38 heavy (non-hydrogen) atoms. The minimum atomic E-state index is 0.719. The van der Waals surface area contributed by atoms with Crippen molar-refractivity contribution in [1.82, 2.24) is 30.4 Å². The van der Waals surface area contributed by atoms with Crippen LogP contribution in [0.15, 0.2) is 88.4 Å². The minimum absolute atomic E-state index is 0.719. The summed E-state index contributed by atoms with van der Waals surface area (Å²) < 4.78 is 12.5. The van der Waals surface area contributed by atoms with Crippen LogP contribution in [0.25, 0.3) is 21.9 Å². The molecule has 2 N–H and O–H groups in total. The number of furan rings is 2. The average molecular weight is 509 g/mol. The van der Waals surface area contributed by atoms with Crippen LogP contribution in [0.2, 0.25) is 0 Å². The molecule has 4 heterocycles. The van der Waals surface area contributed by atoms with Gasteiger partial charge in [0, 0.05) is 62.1 Å². The summed E-state index contributed by atoms with van der Waals surface area (Å²) in [4.78, 5) is 8.53. The summed E-state index contributed by atoms with van der Waals surface area (Å²) in [5.41, 5.74) is 8.48. The van der Waals surface area contributed by atoms with Crippen molar-refractivity contribution < 1.29 is 8.83 Å². The van der Waals surface area contributed by atoms with Crippen LogP contribution in [0, 0.1) is 13.8 Å². The standard InChI is InChI=1S/C15H17N3O.C15H15N3O/c1-11-7-14(17-18(11)2)10-16-9-12-3-4-15-13(8-12)5-6-19-15;1-11-7-18-14(10-17-11)9-16-8-12-2-3-15-13(6-12)4-5-19-15/h3-8,16H,9-10H2,1-2H3;2-7,10,16H,8-9H2,1H3. The fraction of sp³-hybridized carbons (Fsp3) is 0.233. The third kappa shape index (κ3) is 6.53. The lowest BCUT2D eigenvalue weighted by Crippen LogP contribution is -2.13. The second-order valence-electron chi connectivity index (χ2n) is 9.34. The highest BCUT2D eigenvalue weighted by Crippen LogP contribution is 2.18. The lowest BCUT2D eigenvalue weighted by atomic mass is 10.1. The van der Waals surface area contributed by atoms with Crippen LogP contribution >= 0.6 is 0 Å². The molecule has 0 unspecified atom stereocenters. The van der Waals surface area contributed by atoms with E-state index in [1.165, 1.54) is 16.8 Å². The second kappa shape index (κ2) is 11.9. The van der Waals surface area contributed by atoms with E-state index in [1.807, 2.05) is 49.1 Å². The fourth-order valence-corrected chi connectivity index (χ4v) is 4.15. The highest BCUT2D eigenvalue weighted by molar-refractivity contribution is 5.78. The molecule has 194 valence electrons. The van der Waals surface area contributed by atoms with E-state index in [2.05, 4.69) is 63.0 Å².